The van der Waals surface area contributed by atoms with Crippen LogP contribution in [0.3, 0.4) is 0 Å². The van der Waals surface area contributed by atoms with Crippen molar-refractivity contribution >= 4 is 35.0 Å². The zero-order chi connectivity index (χ0) is 14.8. The topological polar surface area (TPSA) is 75.6 Å². The molecule has 1 aromatic rings. The van der Waals surface area contributed by atoms with Crippen LogP contribution in [0.25, 0.3) is 0 Å². The second kappa shape index (κ2) is 9.79. The fourth-order valence-corrected chi connectivity index (χ4v) is 3.24. The number of methoxy groups -OCH3 is 1. The number of rotatable bonds is 10. The molecule has 0 fully saturated rings. The van der Waals surface area contributed by atoms with E-state index in [0.29, 0.717) is 19.4 Å². The van der Waals surface area contributed by atoms with Gasteiger partial charge < -0.3 is 15.2 Å². The predicted molar refractivity (Wildman–Crippen MR) is 81.2 cm³/mol. The Kier molecular flexibility index (Phi) is 8.32. The highest BCUT2D eigenvalue weighted by atomic mass is 32.2. The molecule has 1 unspecified atom stereocenters. The number of thioether (sulfide) groups is 1. The molecule has 1 heterocycles. The van der Waals surface area contributed by atoms with Gasteiger partial charge in [-0.1, -0.05) is 6.07 Å². The van der Waals surface area contributed by atoms with Crippen molar-refractivity contribution in [2.75, 3.05) is 19.5 Å². The molecule has 0 spiro atoms. The minimum Gasteiger partial charge on any atom is -0.480 e. The molecule has 0 saturated heterocycles. The highest BCUT2D eigenvalue weighted by Gasteiger charge is 2.19. The SMILES string of the molecule is COCCCC(NC(=O)CSCc1cccs1)C(=O)O. The van der Waals surface area contributed by atoms with Crippen molar-refractivity contribution in [2.45, 2.75) is 24.6 Å². The number of carbonyl (C=O) groups excluding carboxylic acids is 1. The van der Waals surface area contributed by atoms with Crippen molar-refractivity contribution < 1.29 is 19.4 Å². The molecule has 7 heteroatoms. The summed E-state index contributed by atoms with van der Waals surface area (Å²) < 4.78 is 4.87. The summed E-state index contributed by atoms with van der Waals surface area (Å²) in [7, 11) is 1.57. The summed E-state index contributed by atoms with van der Waals surface area (Å²) in [5.74, 6) is -0.201. The highest BCUT2D eigenvalue weighted by Crippen LogP contribution is 2.16. The van der Waals surface area contributed by atoms with Crippen molar-refractivity contribution in [3.8, 4) is 0 Å². The van der Waals surface area contributed by atoms with Crippen LogP contribution in [-0.2, 0) is 20.1 Å². The molecular weight excluding hydrogens is 298 g/mol. The van der Waals surface area contributed by atoms with Gasteiger partial charge in [0.15, 0.2) is 0 Å². The second-order valence-corrected chi connectivity index (χ2v) is 6.18. The van der Waals surface area contributed by atoms with Gasteiger partial charge in [0.25, 0.3) is 0 Å². The zero-order valence-corrected chi connectivity index (χ0v) is 13.0. The quantitative estimate of drug-likeness (QED) is 0.645. The largest absolute Gasteiger partial charge is 0.480 e. The number of hydrogen-bond acceptors (Lipinski definition) is 5. The number of carboxylic acid groups (broad SMARTS) is 1. The molecule has 1 amide bonds. The molecule has 2 N–H and O–H groups in total. The summed E-state index contributed by atoms with van der Waals surface area (Å²) >= 11 is 3.13. The standard InChI is InChI=1S/C13H19NO4S2/c1-18-6-2-5-11(13(16)17)14-12(15)9-19-8-10-4-3-7-20-10/h3-4,7,11H,2,5-6,8-9H2,1H3,(H,14,15)(H,16,17). The van der Waals surface area contributed by atoms with E-state index < -0.39 is 12.0 Å². The van der Waals surface area contributed by atoms with Crippen LogP contribution in [-0.4, -0.2) is 42.5 Å². The zero-order valence-electron chi connectivity index (χ0n) is 11.3. The molecule has 5 nitrogen and oxygen atoms in total. The summed E-state index contributed by atoms with van der Waals surface area (Å²) in [6.45, 7) is 0.493. The Morgan fingerprint density at radius 2 is 2.35 bits per heavy atom. The van der Waals surface area contributed by atoms with E-state index in [9.17, 15) is 9.59 Å². The average molecular weight is 317 g/mol. The van der Waals surface area contributed by atoms with Crippen molar-refractivity contribution in [1.29, 1.82) is 0 Å². The molecule has 1 aromatic heterocycles. The summed E-state index contributed by atoms with van der Waals surface area (Å²) in [6, 6.07) is 3.15. The monoisotopic (exact) mass is 317 g/mol. The van der Waals surface area contributed by atoms with Crippen LogP contribution in [0.5, 0.6) is 0 Å². The molecule has 0 aliphatic rings. The first-order chi connectivity index (χ1) is 9.63. The third kappa shape index (κ3) is 6.93. The van der Waals surface area contributed by atoms with Gasteiger partial charge >= 0.3 is 5.97 Å². The van der Waals surface area contributed by atoms with E-state index in [1.807, 2.05) is 17.5 Å². The van der Waals surface area contributed by atoms with E-state index in [2.05, 4.69) is 5.32 Å². The number of aliphatic carboxylic acids is 1. The summed E-state index contributed by atoms with van der Waals surface area (Å²) in [5, 5.41) is 13.6. The minimum atomic E-state index is -1.00. The van der Waals surface area contributed by atoms with Gasteiger partial charge in [-0.15, -0.1) is 23.1 Å². The van der Waals surface area contributed by atoms with Gasteiger partial charge in [0.2, 0.25) is 5.91 Å². The minimum absolute atomic E-state index is 0.239. The maximum Gasteiger partial charge on any atom is 0.326 e. The Morgan fingerprint density at radius 3 is 2.95 bits per heavy atom. The Morgan fingerprint density at radius 1 is 1.55 bits per heavy atom. The van der Waals surface area contributed by atoms with Crippen molar-refractivity contribution in [3.05, 3.63) is 22.4 Å². The number of carboxylic acids is 1. The Bertz CT molecular complexity index is 409. The Balaban J connectivity index is 2.24. The van der Waals surface area contributed by atoms with Gasteiger partial charge in [0.1, 0.15) is 6.04 Å². The van der Waals surface area contributed by atoms with Gasteiger partial charge in [-0.2, -0.15) is 0 Å². The molecule has 1 rings (SSSR count). The summed E-state index contributed by atoms with van der Waals surface area (Å²) in [4.78, 5) is 23.9. The van der Waals surface area contributed by atoms with Gasteiger partial charge in [-0.3, -0.25) is 4.79 Å². The maximum atomic E-state index is 11.7. The normalized spacial score (nSPS) is 12.1. The lowest BCUT2D eigenvalue weighted by molar-refractivity contribution is -0.141. The van der Waals surface area contributed by atoms with E-state index in [4.69, 9.17) is 9.84 Å². The third-order valence-corrected chi connectivity index (χ3v) is 4.57. The highest BCUT2D eigenvalue weighted by molar-refractivity contribution is 7.99. The summed E-state index contributed by atoms with van der Waals surface area (Å²) in [6.07, 6.45) is 0.987. The molecule has 0 radical (unpaired) electrons. The number of hydrogen-bond donors (Lipinski definition) is 2. The number of nitrogens with one attached hydrogen (secondary N) is 1. The van der Waals surface area contributed by atoms with Crippen LogP contribution in [0.1, 0.15) is 17.7 Å². The van der Waals surface area contributed by atoms with Crippen LogP contribution < -0.4 is 5.32 Å². The van der Waals surface area contributed by atoms with Crippen LogP contribution >= 0.6 is 23.1 Å². The third-order valence-electron chi connectivity index (χ3n) is 2.53. The second-order valence-electron chi connectivity index (χ2n) is 4.17. The van der Waals surface area contributed by atoms with Crippen LogP contribution in [0.4, 0.5) is 0 Å². The van der Waals surface area contributed by atoms with Crippen molar-refractivity contribution in [3.63, 3.8) is 0 Å². The molecule has 0 aliphatic heterocycles. The fraction of sp³-hybridized carbons (Fsp3) is 0.538. The summed E-state index contributed by atoms with van der Waals surface area (Å²) in [5.41, 5.74) is 0. The molecule has 20 heavy (non-hydrogen) atoms. The van der Waals surface area contributed by atoms with Crippen LogP contribution in [0.2, 0.25) is 0 Å². The lowest BCUT2D eigenvalue weighted by atomic mass is 10.1. The van der Waals surface area contributed by atoms with E-state index >= 15 is 0 Å². The molecule has 0 aliphatic carbocycles. The van der Waals surface area contributed by atoms with Crippen molar-refractivity contribution in [1.82, 2.24) is 5.32 Å². The smallest absolute Gasteiger partial charge is 0.326 e. The predicted octanol–water partition coefficient (Wildman–Crippen LogP) is 1.98. The number of amides is 1. The Labute approximate surface area is 126 Å². The van der Waals surface area contributed by atoms with Crippen molar-refractivity contribution in [2.24, 2.45) is 0 Å². The first kappa shape index (κ1) is 17.0. The number of carbonyl (C=O) groups is 2. The molecule has 0 aromatic carbocycles. The maximum absolute atomic E-state index is 11.7. The molecule has 1 atom stereocenters. The number of thiophene rings is 1. The van der Waals surface area contributed by atoms with Crippen LogP contribution in [0.15, 0.2) is 17.5 Å². The van der Waals surface area contributed by atoms with E-state index in [1.165, 1.54) is 16.6 Å². The molecule has 0 saturated carbocycles. The average Bonchev–Trinajstić information content (AvgIpc) is 2.91. The van der Waals surface area contributed by atoms with Gasteiger partial charge in [0, 0.05) is 24.3 Å². The number of ether oxygens (including phenoxy) is 1. The van der Waals surface area contributed by atoms with Crippen LogP contribution in [0, 0.1) is 0 Å². The Hall–Kier alpha value is -1.05. The van der Waals surface area contributed by atoms with E-state index in [1.54, 1.807) is 18.4 Å². The van der Waals surface area contributed by atoms with Gasteiger partial charge in [0.05, 0.1) is 5.75 Å². The lowest BCUT2D eigenvalue weighted by Gasteiger charge is -2.14. The van der Waals surface area contributed by atoms with Gasteiger partial charge in [-0.05, 0) is 24.3 Å². The molecule has 112 valence electrons. The first-order valence-corrected chi connectivity index (χ1v) is 8.28. The molecule has 0 bridgehead atoms. The molecular formula is C13H19NO4S2. The first-order valence-electron chi connectivity index (χ1n) is 6.24. The van der Waals surface area contributed by atoms with E-state index in [-0.39, 0.29) is 11.7 Å². The lowest BCUT2D eigenvalue weighted by Crippen LogP contribution is -2.41. The fourth-order valence-electron chi connectivity index (χ4n) is 1.56. The van der Waals surface area contributed by atoms with Gasteiger partial charge in [-0.25, -0.2) is 4.79 Å². The van der Waals surface area contributed by atoms with E-state index in [0.717, 1.165) is 5.75 Å².